The van der Waals surface area contributed by atoms with Gasteiger partial charge in [0.05, 0.1) is 13.7 Å². The highest BCUT2D eigenvalue weighted by Crippen LogP contribution is 2.25. The van der Waals surface area contributed by atoms with E-state index < -0.39 is 0 Å². The maximum absolute atomic E-state index is 5.99. The lowest BCUT2D eigenvalue weighted by Crippen LogP contribution is -2.10. The van der Waals surface area contributed by atoms with Crippen LogP contribution in [0.1, 0.15) is 6.42 Å². The van der Waals surface area contributed by atoms with Crippen molar-refractivity contribution in [2.24, 2.45) is 0 Å². The number of rotatable bonds is 8. The number of halogens is 1. The number of aromatic nitrogens is 2. The third-order valence-electron chi connectivity index (χ3n) is 2.97. The van der Waals surface area contributed by atoms with Crippen molar-refractivity contribution in [3.63, 3.8) is 0 Å². The summed E-state index contributed by atoms with van der Waals surface area (Å²) in [4.78, 5) is 8.09. The maximum Gasteiger partial charge on any atom is 0.157 e. The number of nitrogens with zero attached hydrogens (tertiary/aromatic N) is 2. The second kappa shape index (κ2) is 8.29. The minimum atomic E-state index is 0.396. The predicted molar refractivity (Wildman–Crippen MR) is 88.2 cm³/mol. The fourth-order valence-corrected chi connectivity index (χ4v) is 2.11. The van der Waals surface area contributed by atoms with Crippen LogP contribution >= 0.6 is 11.6 Å². The van der Waals surface area contributed by atoms with Crippen molar-refractivity contribution in [3.8, 4) is 11.5 Å². The Balaban J connectivity index is 1.77. The van der Waals surface area contributed by atoms with Crippen LogP contribution in [-0.2, 0) is 0 Å². The van der Waals surface area contributed by atoms with Crippen LogP contribution in [0, 0.1) is 0 Å². The Labute approximate surface area is 134 Å². The van der Waals surface area contributed by atoms with Gasteiger partial charge < -0.3 is 20.1 Å². The molecule has 0 amide bonds. The van der Waals surface area contributed by atoms with Crippen LogP contribution in [0.25, 0.3) is 0 Å². The van der Waals surface area contributed by atoms with E-state index in [0.717, 1.165) is 17.9 Å². The maximum atomic E-state index is 5.99. The Hall–Kier alpha value is -2.21. The molecule has 0 atom stereocenters. The van der Waals surface area contributed by atoms with Crippen molar-refractivity contribution in [3.05, 3.63) is 35.7 Å². The van der Waals surface area contributed by atoms with E-state index >= 15 is 0 Å². The molecule has 0 spiro atoms. The topological polar surface area (TPSA) is 68.3 Å². The monoisotopic (exact) mass is 322 g/mol. The second-order valence-corrected chi connectivity index (χ2v) is 4.80. The second-order valence-electron chi connectivity index (χ2n) is 4.45. The molecule has 2 aromatic rings. The number of hydrogen-bond donors (Lipinski definition) is 2. The highest BCUT2D eigenvalue weighted by atomic mass is 35.5. The first-order valence-corrected chi connectivity index (χ1v) is 7.31. The zero-order chi connectivity index (χ0) is 15.8. The molecule has 1 heterocycles. The fourth-order valence-electron chi connectivity index (χ4n) is 1.88. The Morgan fingerprint density at radius 1 is 1.23 bits per heavy atom. The summed E-state index contributed by atoms with van der Waals surface area (Å²) in [6, 6.07) is 7.54. The fraction of sp³-hybridized carbons (Fsp3) is 0.333. The summed E-state index contributed by atoms with van der Waals surface area (Å²) in [6.45, 7) is 1.31. The summed E-state index contributed by atoms with van der Waals surface area (Å²) in [6.07, 6.45) is 2.25. The van der Waals surface area contributed by atoms with Crippen LogP contribution in [0.2, 0.25) is 5.15 Å². The van der Waals surface area contributed by atoms with Gasteiger partial charge in [-0.1, -0.05) is 17.7 Å². The standard InChI is InChI=1S/C15H19ClN4O2/c1-17-13-14(16)19-10-20-15(13)18-7-4-8-22-12-6-3-5-11(9-12)21-2/h3,5-6,9-10,17H,4,7-8H2,1-2H3,(H,18,19,20). The molecular weight excluding hydrogens is 304 g/mol. The summed E-state index contributed by atoms with van der Waals surface area (Å²) < 4.78 is 10.8. The lowest BCUT2D eigenvalue weighted by molar-refractivity contribution is 0.312. The molecule has 0 saturated carbocycles. The van der Waals surface area contributed by atoms with Crippen LogP contribution in [0.4, 0.5) is 11.5 Å². The van der Waals surface area contributed by atoms with Crippen molar-refractivity contribution in [1.29, 1.82) is 0 Å². The molecule has 0 unspecified atom stereocenters. The van der Waals surface area contributed by atoms with Crippen LogP contribution in [-0.4, -0.2) is 37.3 Å². The number of methoxy groups -OCH3 is 1. The van der Waals surface area contributed by atoms with Gasteiger partial charge in [-0.3, -0.25) is 0 Å². The SMILES string of the molecule is CNc1c(Cl)ncnc1NCCCOc1cccc(OC)c1. The molecule has 7 heteroatoms. The molecule has 2 N–H and O–H groups in total. The van der Waals surface area contributed by atoms with Crippen molar-refractivity contribution >= 4 is 23.1 Å². The van der Waals surface area contributed by atoms with E-state index in [2.05, 4.69) is 20.6 Å². The zero-order valence-electron chi connectivity index (χ0n) is 12.6. The number of hydrogen-bond acceptors (Lipinski definition) is 6. The number of benzene rings is 1. The Morgan fingerprint density at radius 3 is 2.82 bits per heavy atom. The molecule has 0 saturated heterocycles. The average Bonchev–Trinajstić information content (AvgIpc) is 2.55. The van der Waals surface area contributed by atoms with E-state index in [1.165, 1.54) is 6.33 Å². The highest BCUT2D eigenvalue weighted by molar-refractivity contribution is 6.32. The highest BCUT2D eigenvalue weighted by Gasteiger charge is 2.07. The average molecular weight is 323 g/mol. The molecule has 0 aliphatic heterocycles. The van der Waals surface area contributed by atoms with Gasteiger partial charge in [0, 0.05) is 19.7 Å². The van der Waals surface area contributed by atoms with Crippen LogP contribution < -0.4 is 20.1 Å². The van der Waals surface area contributed by atoms with E-state index in [1.807, 2.05) is 24.3 Å². The van der Waals surface area contributed by atoms with Gasteiger partial charge in [0.2, 0.25) is 0 Å². The summed E-state index contributed by atoms with van der Waals surface area (Å²) in [5.74, 6) is 2.26. The summed E-state index contributed by atoms with van der Waals surface area (Å²) in [7, 11) is 3.41. The van der Waals surface area contributed by atoms with E-state index in [4.69, 9.17) is 21.1 Å². The Bertz CT molecular complexity index is 610. The van der Waals surface area contributed by atoms with E-state index in [9.17, 15) is 0 Å². The largest absolute Gasteiger partial charge is 0.497 e. The smallest absolute Gasteiger partial charge is 0.157 e. The third kappa shape index (κ3) is 4.39. The van der Waals surface area contributed by atoms with Crippen molar-refractivity contribution in [2.45, 2.75) is 6.42 Å². The quantitative estimate of drug-likeness (QED) is 0.575. The van der Waals surface area contributed by atoms with Gasteiger partial charge in [-0.15, -0.1) is 0 Å². The van der Waals surface area contributed by atoms with Gasteiger partial charge in [-0.25, -0.2) is 9.97 Å². The van der Waals surface area contributed by atoms with Crippen molar-refractivity contribution < 1.29 is 9.47 Å². The first-order chi connectivity index (χ1) is 10.7. The molecule has 22 heavy (non-hydrogen) atoms. The molecule has 0 radical (unpaired) electrons. The molecule has 0 aliphatic carbocycles. The Morgan fingerprint density at radius 2 is 2.05 bits per heavy atom. The van der Waals surface area contributed by atoms with Gasteiger partial charge in [-0.05, 0) is 18.6 Å². The molecule has 1 aromatic heterocycles. The van der Waals surface area contributed by atoms with Gasteiger partial charge in [-0.2, -0.15) is 0 Å². The zero-order valence-corrected chi connectivity index (χ0v) is 13.4. The minimum absolute atomic E-state index is 0.396. The van der Waals surface area contributed by atoms with Gasteiger partial charge in [0.15, 0.2) is 11.0 Å². The van der Waals surface area contributed by atoms with Gasteiger partial charge in [0.25, 0.3) is 0 Å². The van der Waals surface area contributed by atoms with Crippen LogP contribution in [0.3, 0.4) is 0 Å². The predicted octanol–water partition coefficient (Wildman–Crippen LogP) is 3.06. The molecule has 2 rings (SSSR count). The summed E-state index contributed by atoms with van der Waals surface area (Å²) >= 11 is 5.99. The number of anilines is 2. The van der Waals surface area contributed by atoms with Gasteiger partial charge >= 0.3 is 0 Å². The number of ether oxygens (including phenoxy) is 2. The third-order valence-corrected chi connectivity index (χ3v) is 3.26. The molecule has 0 aliphatic rings. The van der Waals surface area contributed by atoms with Gasteiger partial charge in [0.1, 0.15) is 23.5 Å². The number of nitrogens with one attached hydrogen (secondary N) is 2. The molecule has 1 aromatic carbocycles. The van der Waals surface area contributed by atoms with E-state index in [-0.39, 0.29) is 0 Å². The molecule has 0 bridgehead atoms. The van der Waals surface area contributed by atoms with Crippen LogP contribution in [0.15, 0.2) is 30.6 Å². The normalized spacial score (nSPS) is 10.1. The minimum Gasteiger partial charge on any atom is -0.497 e. The molecule has 0 fully saturated rings. The first kappa shape index (κ1) is 16.2. The lowest BCUT2D eigenvalue weighted by Gasteiger charge is -2.11. The van der Waals surface area contributed by atoms with Crippen LogP contribution in [0.5, 0.6) is 11.5 Å². The summed E-state index contributed by atoms with van der Waals surface area (Å²) in [5, 5.41) is 6.59. The van der Waals surface area contributed by atoms with Crippen molar-refractivity contribution in [1.82, 2.24) is 9.97 Å². The summed E-state index contributed by atoms with van der Waals surface area (Å²) in [5.41, 5.74) is 0.692. The molecular formula is C15H19ClN4O2. The molecule has 6 nitrogen and oxygen atoms in total. The Kier molecular flexibility index (Phi) is 6.09. The van der Waals surface area contributed by atoms with E-state index in [1.54, 1.807) is 14.2 Å². The van der Waals surface area contributed by atoms with E-state index in [0.29, 0.717) is 29.8 Å². The van der Waals surface area contributed by atoms with Crippen molar-refractivity contribution in [2.75, 3.05) is 37.9 Å². The lowest BCUT2D eigenvalue weighted by atomic mass is 10.3. The first-order valence-electron chi connectivity index (χ1n) is 6.93. The molecule has 118 valence electrons.